The Hall–Kier alpha value is -0.950. The number of benzene rings is 1. The summed E-state index contributed by atoms with van der Waals surface area (Å²) in [5.41, 5.74) is 0.696. The van der Waals surface area contributed by atoms with Crippen LogP contribution >= 0.6 is 0 Å². The first-order valence-electron chi connectivity index (χ1n) is 5.23. The molecule has 1 aromatic carbocycles. The van der Waals surface area contributed by atoms with E-state index in [1.807, 2.05) is 6.07 Å². The first-order chi connectivity index (χ1) is 7.92. The molecule has 5 nitrogen and oxygen atoms in total. The third-order valence-electron chi connectivity index (χ3n) is 2.29. The average Bonchev–Trinajstić information content (AvgIpc) is 2.27. The Bertz CT molecular complexity index is 432. The standard InChI is InChI=1S/C11H17NO4S/c1-17(15,16)12-10(8-13)7-11(14)9-5-3-2-4-6-9/h2-6,10-14H,7-8H2,1H3/t10-,11-/m1/s1. The van der Waals surface area contributed by atoms with E-state index in [1.165, 1.54) is 0 Å². The van der Waals surface area contributed by atoms with Crippen molar-refractivity contribution in [2.75, 3.05) is 12.9 Å². The van der Waals surface area contributed by atoms with E-state index in [4.69, 9.17) is 5.11 Å². The highest BCUT2D eigenvalue weighted by Crippen LogP contribution is 2.17. The molecule has 0 aliphatic heterocycles. The maximum atomic E-state index is 11.0. The van der Waals surface area contributed by atoms with Crippen molar-refractivity contribution in [3.05, 3.63) is 35.9 Å². The Morgan fingerprint density at radius 2 is 1.88 bits per heavy atom. The summed E-state index contributed by atoms with van der Waals surface area (Å²) in [4.78, 5) is 0. The van der Waals surface area contributed by atoms with Gasteiger partial charge >= 0.3 is 0 Å². The predicted octanol–water partition coefficient (Wildman–Crippen LogP) is 0.0202. The fraction of sp³-hybridized carbons (Fsp3) is 0.455. The van der Waals surface area contributed by atoms with Crippen molar-refractivity contribution in [3.8, 4) is 0 Å². The maximum Gasteiger partial charge on any atom is 0.209 e. The number of aliphatic hydroxyl groups is 2. The normalized spacial score (nSPS) is 15.5. The highest BCUT2D eigenvalue weighted by atomic mass is 32.2. The van der Waals surface area contributed by atoms with E-state index in [0.717, 1.165) is 6.26 Å². The van der Waals surface area contributed by atoms with Crippen molar-refractivity contribution in [2.24, 2.45) is 0 Å². The SMILES string of the molecule is CS(=O)(=O)N[C@@H](CO)C[C@@H](O)c1ccccc1. The van der Waals surface area contributed by atoms with Crippen LogP contribution < -0.4 is 4.72 Å². The summed E-state index contributed by atoms with van der Waals surface area (Å²) >= 11 is 0. The smallest absolute Gasteiger partial charge is 0.209 e. The fourth-order valence-electron chi connectivity index (χ4n) is 1.54. The van der Waals surface area contributed by atoms with Gasteiger partial charge in [-0.25, -0.2) is 13.1 Å². The minimum absolute atomic E-state index is 0.133. The zero-order valence-electron chi connectivity index (χ0n) is 9.57. The summed E-state index contributed by atoms with van der Waals surface area (Å²) < 4.78 is 24.3. The van der Waals surface area contributed by atoms with Gasteiger partial charge in [0, 0.05) is 6.04 Å². The van der Waals surface area contributed by atoms with Gasteiger partial charge in [0.15, 0.2) is 0 Å². The lowest BCUT2D eigenvalue weighted by Gasteiger charge is -2.18. The zero-order chi connectivity index (χ0) is 12.9. The fourth-order valence-corrected chi connectivity index (χ4v) is 2.32. The maximum absolute atomic E-state index is 11.0. The van der Waals surface area contributed by atoms with E-state index < -0.39 is 22.2 Å². The molecule has 0 aromatic heterocycles. The number of nitrogens with one attached hydrogen (secondary N) is 1. The molecule has 0 radical (unpaired) electrons. The Kier molecular flexibility index (Phi) is 5.07. The minimum Gasteiger partial charge on any atom is -0.395 e. The van der Waals surface area contributed by atoms with Crippen LogP contribution in [0.1, 0.15) is 18.1 Å². The Morgan fingerprint density at radius 3 is 2.35 bits per heavy atom. The quantitative estimate of drug-likeness (QED) is 0.672. The van der Waals surface area contributed by atoms with Crippen LogP contribution in [0.25, 0.3) is 0 Å². The Morgan fingerprint density at radius 1 is 1.29 bits per heavy atom. The lowest BCUT2D eigenvalue weighted by molar-refractivity contribution is 0.136. The largest absolute Gasteiger partial charge is 0.395 e. The average molecular weight is 259 g/mol. The number of rotatable bonds is 6. The van der Waals surface area contributed by atoms with Crippen molar-refractivity contribution in [1.29, 1.82) is 0 Å². The number of aliphatic hydroxyl groups excluding tert-OH is 2. The summed E-state index contributed by atoms with van der Waals surface area (Å²) in [5, 5.41) is 18.9. The van der Waals surface area contributed by atoms with Gasteiger partial charge in [-0.05, 0) is 12.0 Å². The van der Waals surface area contributed by atoms with E-state index in [1.54, 1.807) is 24.3 Å². The summed E-state index contributed by atoms with van der Waals surface area (Å²) in [6.07, 6.45) is 0.348. The molecule has 2 atom stereocenters. The second-order valence-corrected chi connectivity index (χ2v) is 5.71. The second kappa shape index (κ2) is 6.11. The van der Waals surface area contributed by atoms with Crippen molar-refractivity contribution in [2.45, 2.75) is 18.6 Å². The third kappa shape index (κ3) is 5.27. The molecule has 96 valence electrons. The summed E-state index contributed by atoms with van der Waals surface area (Å²) in [6, 6.07) is 8.22. The van der Waals surface area contributed by atoms with Gasteiger partial charge in [-0.3, -0.25) is 0 Å². The molecule has 0 fully saturated rings. The number of hydrogen-bond donors (Lipinski definition) is 3. The van der Waals surface area contributed by atoms with Crippen LogP contribution in [0.2, 0.25) is 0 Å². The van der Waals surface area contributed by atoms with Gasteiger partial charge in [0.25, 0.3) is 0 Å². The first-order valence-corrected chi connectivity index (χ1v) is 7.12. The highest BCUT2D eigenvalue weighted by Gasteiger charge is 2.18. The second-order valence-electron chi connectivity index (χ2n) is 3.93. The molecule has 0 aliphatic rings. The van der Waals surface area contributed by atoms with E-state index in [9.17, 15) is 13.5 Å². The molecule has 0 heterocycles. The molecule has 1 rings (SSSR count). The van der Waals surface area contributed by atoms with E-state index in [0.29, 0.717) is 5.56 Å². The molecule has 0 bridgehead atoms. The molecule has 0 unspecified atom stereocenters. The van der Waals surface area contributed by atoms with Gasteiger partial charge < -0.3 is 10.2 Å². The lowest BCUT2D eigenvalue weighted by Crippen LogP contribution is -2.37. The molecule has 0 amide bonds. The van der Waals surface area contributed by atoms with Crippen LogP contribution in [0.3, 0.4) is 0 Å². The molecule has 0 saturated carbocycles. The van der Waals surface area contributed by atoms with Crippen LogP contribution in [-0.2, 0) is 10.0 Å². The van der Waals surface area contributed by atoms with E-state index >= 15 is 0 Å². The summed E-state index contributed by atoms with van der Waals surface area (Å²) in [7, 11) is -3.38. The number of hydrogen-bond acceptors (Lipinski definition) is 4. The van der Waals surface area contributed by atoms with E-state index in [2.05, 4.69) is 4.72 Å². The van der Waals surface area contributed by atoms with Crippen LogP contribution in [0.15, 0.2) is 30.3 Å². The van der Waals surface area contributed by atoms with Gasteiger partial charge in [0.05, 0.1) is 19.0 Å². The van der Waals surface area contributed by atoms with Crippen molar-refractivity contribution in [1.82, 2.24) is 4.72 Å². The molecular weight excluding hydrogens is 242 g/mol. The Labute approximate surface area is 101 Å². The predicted molar refractivity (Wildman–Crippen MR) is 64.9 cm³/mol. The van der Waals surface area contributed by atoms with Crippen molar-refractivity contribution < 1.29 is 18.6 Å². The monoisotopic (exact) mass is 259 g/mol. The molecular formula is C11H17NO4S. The topological polar surface area (TPSA) is 86.6 Å². The van der Waals surface area contributed by atoms with Gasteiger partial charge in [0.2, 0.25) is 10.0 Å². The molecule has 17 heavy (non-hydrogen) atoms. The van der Waals surface area contributed by atoms with Crippen LogP contribution in [-0.4, -0.2) is 37.5 Å². The highest BCUT2D eigenvalue weighted by molar-refractivity contribution is 7.88. The van der Waals surface area contributed by atoms with Gasteiger partial charge in [-0.15, -0.1) is 0 Å². The molecule has 6 heteroatoms. The van der Waals surface area contributed by atoms with Crippen molar-refractivity contribution in [3.63, 3.8) is 0 Å². The van der Waals surface area contributed by atoms with Crippen molar-refractivity contribution >= 4 is 10.0 Å². The first kappa shape index (κ1) is 14.1. The van der Waals surface area contributed by atoms with E-state index in [-0.39, 0.29) is 13.0 Å². The summed E-state index contributed by atoms with van der Waals surface area (Å²) in [5.74, 6) is 0. The minimum atomic E-state index is -3.38. The third-order valence-corrected chi connectivity index (χ3v) is 3.05. The van der Waals surface area contributed by atoms with Crippen LogP contribution in [0.5, 0.6) is 0 Å². The van der Waals surface area contributed by atoms with Gasteiger partial charge in [0.1, 0.15) is 0 Å². The molecule has 0 aliphatic carbocycles. The zero-order valence-corrected chi connectivity index (χ0v) is 10.4. The molecule has 0 spiro atoms. The number of sulfonamides is 1. The lowest BCUT2D eigenvalue weighted by atomic mass is 10.0. The van der Waals surface area contributed by atoms with Crippen LogP contribution in [0, 0.1) is 0 Å². The molecule has 3 N–H and O–H groups in total. The summed E-state index contributed by atoms with van der Waals surface area (Å²) in [6.45, 7) is -0.350. The van der Waals surface area contributed by atoms with Gasteiger partial charge in [-0.2, -0.15) is 0 Å². The molecule has 0 saturated heterocycles. The molecule has 1 aromatic rings. The Balaban J connectivity index is 2.63. The van der Waals surface area contributed by atoms with Gasteiger partial charge in [-0.1, -0.05) is 30.3 Å². The van der Waals surface area contributed by atoms with Crippen LogP contribution in [0.4, 0.5) is 0 Å².